The Balaban J connectivity index is 2.31. The molecule has 0 atom stereocenters. The van der Waals surface area contributed by atoms with Crippen LogP contribution in [0.2, 0.25) is 0 Å². The monoisotopic (exact) mass is 279 g/mol. The quantitative estimate of drug-likeness (QED) is 0.900. The lowest BCUT2D eigenvalue weighted by Crippen LogP contribution is -2.16. The molecule has 2 heterocycles. The molecule has 0 aliphatic rings. The summed E-state index contributed by atoms with van der Waals surface area (Å²) < 4.78 is 5.47. The number of aromatic nitrogens is 1. The van der Waals surface area contributed by atoms with Crippen molar-refractivity contribution in [2.45, 2.75) is 13.8 Å². The lowest BCUT2D eigenvalue weighted by atomic mass is 10.3. The van der Waals surface area contributed by atoms with E-state index in [1.807, 2.05) is 6.92 Å². The van der Waals surface area contributed by atoms with E-state index in [-0.39, 0.29) is 17.6 Å². The van der Waals surface area contributed by atoms with Crippen LogP contribution in [-0.2, 0) is 4.79 Å². The Morgan fingerprint density at radius 1 is 1.37 bits per heavy atom. The number of anilines is 1. The molecular formula is C12H13N3O3S. The van der Waals surface area contributed by atoms with Gasteiger partial charge in [0.05, 0.1) is 10.6 Å². The summed E-state index contributed by atoms with van der Waals surface area (Å²) in [7, 11) is 1.54. The van der Waals surface area contributed by atoms with Crippen molar-refractivity contribution in [2.75, 3.05) is 12.4 Å². The topological polar surface area (TPSA) is 84.2 Å². The minimum Gasteiger partial charge on any atom is -0.450 e. The van der Waals surface area contributed by atoms with Crippen LogP contribution < -0.4 is 10.6 Å². The molecule has 0 saturated heterocycles. The van der Waals surface area contributed by atoms with Crippen LogP contribution in [0.3, 0.4) is 0 Å². The molecule has 6 nitrogen and oxygen atoms in total. The highest BCUT2D eigenvalue weighted by molar-refractivity contribution is 7.19. The fourth-order valence-corrected chi connectivity index (χ4v) is 2.51. The summed E-state index contributed by atoms with van der Waals surface area (Å²) in [5.74, 6) is 0.345. The molecule has 0 aliphatic carbocycles. The van der Waals surface area contributed by atoms with E-state index in [0.29, 0.717) is 10.9 Å². The summed E-state index contributed by atoms with van der Waals surface area (Å²) in [4.78, 5) is 27.4. The van der Waals surface area contributed by atoms with Gasteiger partial charge in [-0.25, -0.2) is 4.98 Å². The molecule has 2 aromatic heterocycles. The van der Waals surface area contributed by atoms with E-state index in [4.69, 9.17) is 4.42 Å². The van der Waals surface area contributed by atoms with Gasteiger partial charge in [-0.3, -0.25) is 9.59 Å². The van der Waals surface area contributed by atoms with Crippen molar-refractivity contribution in [2.24, 2.45) is 0 Å². The molecule has 0 radical (unpaired) electrons. The number of amides is 2. The minimum atomic E-state index is -0.282. The van der Waals surface area contributed by atoms with Gasteiger partial charge >= 0.3 is 0 Å². The van der Waals surface area contributed by atoms with Gasteiger partial charge in [0.2, 0.25) is 5.91 Å². The number of hydrogen-bond donors (Lipinski definition) is 2. The van der Waals surface area contributed by atoms with Crippen LogP contribution in [0.5, 0.6) is 0 Å². The largest absolute Gasteiger partial charge is 0.450 e. The van der Waals surface area contributed by atoms with Gasteiger partial charge in [-0.05, 0) is 19.1 Å². The number of thiazole rings is 1. The average molecular weight is 279 g/mol. The van der Waals surface area contributed by atoms with E-state index in [1.165, 1.54) is 25.3 Å². The zero-order valence-corrected chi connectivity index (χ0v) is 11.6. The van der Waals surface area contributed by atoms with Crippen LogP contribution in [0.1, 0.15) is 23.2 Å². The van der Waals surface area contributed by atoms with Crippen molar-refractivity contribution in [3.05, 3.63) is 23.6 Å². The van der Waals surface area contributed by atoms with E-state index in [9.17, 15) is 9.59 Å². The first kappa shape index (κ1) is 13.3. The van der Waals surface area contributed by atoms with Crippen LogP contribution in [0.4, 0.5) is 5.13 Å². The second-order valence-electron chi connectivity index (χ2n) is 3.86. The Bertz CT molecular complexity index is 630. The normalized spacial score (nSPS) is 10.3. The first-order valence-corrected chi connectivity index (χ1v) is 6.40. The van der Waals surface area contributed by atoms with Crippen molar-refractivity contribution in [1.82, 2.24) is 10.3 Å². The lowest BCUT2D eigenvalue weighted by molar-refractivity contribution is -0.114. The molecule has 0 aliphatic heterocycles. The smallest absolute Gasteiger partial charge is 0.286 e. The molecule has 0 bridgehead atoms. The molecular weight excluding hydrogens is 266 g/mol. The van der Waals surface area contributed by atoms with Crippen molar-refractivity contribution in [3.63, 3.8) is 0 Å². The number of furan rings is 1. The fraction of sp³-hybridized carbons (Fsp3) is 0.250. The third-order valence-corrected chi connectivity index (χ3v) is 3.45. The number of nitrogens with zero attached hydrogens (tertiary/aromatic N) is 1. The highest BCUT2D eigenvalue weighted by atomic mass is 32.1. The number of rotatable bonds is 3. The highest BCUT2D eigenvalue weighted by Gasteiger charge is 2.16. The van der Waals surface area contributed by atoms with Gasteiger partial charge in [-0.1, -0.05) is 11.3 Å². The second kappa shape index (κ2) is 5.23. The van der Waals surface area contributed by atoms with Crippen molar-refractivity contribution < 1.29 is 14.0 Å². The molecule has 0 saturated carbocycles. The summed E-state index contributed by atoms with van der Waals surface area (Å²) in [5.41, 5.74) is 0.742. The summed E-state index contributed by atoms with van der Waals surface area (Å²) in [6.45, 7) is 3.24. The standard InChI is InChI=1S/C12H13N3O3S/c1-6-10(19-12(14-6)15-7(2)16)8-4-5-9(18-8)11(17)13-3/h4-5H,1-3H3,(H,13,17)(H,14,15,16). The zero-order valence-electron chi connectivity index (χ0n) is 10.7. The molecule has 2 rings (SSSR count). The molecule has 0 unspecified atom stereocenters. The molecule has 2 amide bonds. The summed E-state index contributed by atoms with van der Waals surface area (Å²) >= 11 is 1.31. The third-order valence-electron chi connectivity index (χ3n) is 2.36. The zero-order chi connectivity index (χ0) is 14.0. The Morgan fingerprint density at radius 2 is 2.11 bits per heavy atom. The number of aryl methyl sites for hydroxylation is 1. The Kier molecular flexibility index (Phi) is 3.66. The first-order valence-electron chi connectivity index (χ1n) is 5.58. The van der Waals surface area contributed by atoms with Gasteiger partial charge in [0.15, 0.2) is 10.9 Å². The van der Waals surface area contributed by atoms with E-state index in [2.05, 4.69) is 15.6 Å². The number of hydrogen-bond acceptors (Lipinski definition) is 5. The molecule has 100 valence electrons. The van der Waals surface area contributed by atoms with Crippen LogP contribution in [0.15, 0.2) is 16.5 Å². The van der Waals surface area contributed by atoms with E-state index < -0.39 is 0 Å². The maximum Gasteiger partial charge on any atom is 0.286 e. The lowest BCUT2D eigenvalue weighted by Gasteiger charge is -1.94. The number of nitrogens with one attached hydrogen (secondary N) is 2. The Labute approximate surface area is 113 Å². The Morgan fingerprint density at radius 3 is 2.74 bits per heavy atom. The third kappa shape index (κ3) is 2.82. The number of carbonyl (C=O) groups is 2. The number of carbonyl (C=O) groups excluding carboxylic acids is 2. The van der Waals surface area contributed by atoms with E-state index >= 15 is 0 Å². The molecule has 0 spiro atoms. The predicted molar refractivity (Wildman–Crippen MR) is 72.2 cm³/mol. The summed E-state index contributed by atoms with van der Waals surface area (Å²) in [6.07, 6.45) is 0. The van der Waals surface area contributed by atoms with Gasteiger partial charge in [0.25, 0.3) is 5.91 Å². The molecule has 2 aromatic rings. The van der Waals surface area contributed by atoms with Crippen LogP contribution >= 0.6 is 11.3 Å². The molecule has 0 aromatic carbocycles. The fourth-order valence-electron chi connectivity index (χ4n) is 1.53. The first-order chi connectivity index (χ1) is 9.01. The summed E-state index contributed by atoms with van der Waals surface area (Å²) in [6, 6.07) is 3.31. The highest BCUT2D eigenvalue weighted by Crippen LogP contribution is 2.33. The molecule has 7 heteroatoms. The van der Waals surface area contributed by atoms with Crippen LogP contribution in [0, 0.1) is 6.92 Å². The maximum atomic E-state index is 11.4. The maximum absolute atomic E-state index is 11.4. The molecule has 2 N–H and O–H groups in total. The van der Waals surface area contributed by atoms with Crippen molar-refractivity contribution in [1.29, 1.82) is 0 Å². The van der Waals surface area contributed by atoms with Crippen molar-refractivity contribution in [3.8, 4) is 10.6 Å². The molecule has 19 heavy (non-hydrogen) atoms. The summed E-state index contributed by atoms with van der Waals surface area (Å²) in [5, 5.41) is 5.63. The SMILES string of the molecule is CNC(=O)c1ccc(-c2sc(NC(C)=O)nc2C)o1. The minimum absolute atomic E-state index is 0.175. The average Bonchev–Trinajstić information content (AvgIpc) is 2.94. The van der Waals surface area contributed by atoms with Gasteiger partial charge in [0.1, 0.15) is 5.76 Å². The van der Waals surface area contributed by atoms with Crippen LogP contribution in [0.25, 0.3) is 10.6 Å². The van der Waals surface area contributed by atoms with E-state index in [1.54, 1.807) is 12.1 Å². The van der Waals surface area contributed by atoms with Crippen molar-refractivity contribution >= 4 is 28.3 Å². The van der Waals surface area contributed by atoms with Gasteiger partial charge in [-0.2, -0.15) is 0 Å². The predicted octanol–water partition coefficient (Wildman–Crippen LogP) is 2.03. The second-order valence-corrected chi connectivity index (χ2v) is 4.86. The van der Waals surface area contributed by atoms with E-state index in [0.717, 1.165) is 10.6 Å². The van der Waals surface area contributed by atoms with Gasteiger partial charge in [0, 0.05) is 14.0 Å². The Hall–Kier alpha value is -2.15. The van der Waals surface area contributed by atoms with Gasteiger partial charge in [-0.15, -0.1) is 0 Å². The van der Waals surface area contributed by atoms with Gasteiger partial charge < -0.3 is 15.1 Å². The molecule has 0 fully saturated rings. The van der Waals surface area contributed by atoms with Crippen LogP contribution in [-0.4, -0.2) is 23.8 Å².